The Balaban J connectivity index is 0.988. The summed E-state index contributed by atoms with van der Waals surface area (Å²) in [5.41, 5.74) is 2.02. The van der Waals surface area contributed by atoms with Crippen molar-refractivity contribution in [1.29, 1.82) is 0 Å². The third-order valence-electron chi connectivity index (χ3n) is 7.58. The molecule has 3 fully saturated rings. The average molecular weight is 464 g/mol. The summed E-state index contributed by atoms with van der Waals surface area (Å²) >= 11 is 0. The highest BCUT2D eigenvalue weighted by atomic mass is 16.5. The van der Waals surface area contributed by atoms with Crippen molar-refractivity contribution in [3.63, 3.8) is 0 Å². The van der Waals surface area contributed by atoms with Crippen LogP contribution in [0.25, 0.3) is 11.0 Å². The van der Waals surface area contributed by atoms with Crippen LogP contribution in [0.1, 0.15) is 24.8 Å². The summed E-state index contributed by atoms with van der Waals surface area (Å²) in [7, 11) is 0. The van der Waals surface area contributed by atoms with E-state index in [0.717, 1.165) is 69.0 Å². The van der Waals surface area contributed by atoms with Gasteiger partial charge in [0.15, 0.2) is 11.4 Å². The van der Waals surface area contributed by atoms with Gasteiger partial charge in [0.05, 0.1) is 18.1 Å². The predicted octanol–water partition coefficient (Wildman–Crippen LogP) is 2.77. The molecule has 3 aliphatic rings. The van der Waals surface area contributed by atoms with E-state index in [1.807, 2.05) is 30.5 Å². The van der Waals surface area contributed by atoms with Crippen molar-refractivity contribution in [2.24, 2.45) is 5.92 Å². The molecular weight excluding hydrogens is 430 g/mol. The summed E-state index contributed by atoms with van der Waals surface area (Å²) in [6, 6.07) is 12.7. The van der Waals surface area contributed by atoms with Crippen molar-refractivity contribution in [2.75, 3.05) is 50.8 Å². The molecule has 1 aromatic carbocycles. The molecule has 3 saturated heterocycles. The molecule has 0 amide bonds. The van der Waals surface area contributed by atoms with Gasteiger partial charge in [-0.3, -0.25) is 9.80 Å². The van der Waals surface area contributed by atoms with Gasteiger partial charge in [-0.1, -0.05) is 23.4 Å². The van der Waals surface area contributed by atoms with E-state index in [2.05, 4.69) is 37.0 Å². The van der Waals surface area contributed by atoms with E-state index in [4.69, 9.17) is 9.26 Å². The number of pyridine rings is 1. The van der Waals surface area contributed by atoms with Crippen LogP contribution in [0.15, 0.2) is 47.1 Å². The minimum absolute atomic E-state index is 0.184. The number of aromatic nitrogens is 2. The number of hydrogen-bond acceptors (Lipinski definition) is 8. The highest BCUT2D eigenvalue weighted by molar-refractivity contribution is 5.88. The zero-order chi connectivity index (χ0) is 22.9. The Kier molecular flexibility index (Phi) is 6.11. The molecule has 0 bridgehead atoms. The van der Waals surface area contributed by atoms with Crippen molar-refractivity contribution >= 4 is 16.8 Å². The second kappa shape index (κ2) is 9.52. The number of piperidine rings is 1. The maximum atomic E-state index is 9.69. The van der Waals surface area contributed by atoms with Crippen LogP contribution in [0.5, 0.6) is 5.88 Å². The van der Waals surface area contributed by atoms with Crippen molar-refractivity contribution in [1.82, 2.24) is 19.9 Å². The summed E-state index contributed by atoms with van der Waals surface area (Å²) in [5.74, 6) is 2.22. The highest BCUT2D eigenvalue weighted by Crippen LogP contribution is 2.31. The lowest BCUT2D eigenvalue weighted by Gasteiger charge is -2.46. The number of anilines is 1. The number of likely N-dealkylation sites (tertiary alicyclic amines) is 1. The van der Waals surface area contributed by atoms with Gasteiger partial charge in [-0.05, 0) is 37.0 Å². The van der Waals surface area contributed by atoms with Crippen LogP contribution >= 0.6 is 0 Å². The maximum Gasteiger partial charge on any atom is 0.213 e. The van der Waals surface area contributed by atoms with Gasteiger partial charge >= 0.3 is 0 Å². The number of para-hydroxylation sites is 1. The summed E-state index contributed by atoms with van der Waals surface area (Å²) in [5, 5.41) is 15.2. The molecule has 0 spiro atoms. The number of piperazine rings is 1. The molecule has 180 valence electrons. The second-order valence-electron chi connectivity index (χ2n) is 10.0. The Hall–Kier alpha value is -2.68. The topological polar surface area (TPSA) is 78.1 Å². The van der Waals surface area contributed by atoms with Gasteiger partial charge in [-0.2, -0.15) is 0 Å². The summed E-state index contributed by atoms with van der Waals surface area (Å²) in [6.45, 7) is 7.35. The van der Waals surface area contributed by atoms with Gasteiger partial charge in [0.2, 0.25) is 5.88 Å². The molecule has 1 N–H and O–H groups in total. The van der Waals surface area contributed by atoms with Gasteiger partial charge in [-0.15, -0.1) is 0 Å². The number of hydrogen-bond donors (Lipinski definition) is 1. The van der Waals surface area contributed by atoms with Crippen molar-refractivity contribution in [2.45, 2.75) is 38.0 Å². The van der Waals surface area contributed by atoms with E-state index < -0.39 is 0 Å². The molecule has 3 aromatic rings. The molecule has 0 radical (unpaired) electrons. The molecule has 5 heterocycles. The van der Waals surface area contributed by atoms with Gasteiger partial charge in [0, 0.05) is 70.0 Å². The number of aliphatic hydroxyl groups excluding tert-OH is 1. The monoisotopic (exact) mass is 463 g/mol. The van der Waals surface area contributed by atoms with Crippen LogP contribution in [-0.4, -0.2) is 83.1 Å². The quantitative estimate of drug-likeness (QED) is 0.598. The number of benzene rings is 1. The van der Waals surface area contributed by atoms with Gasteiger partial charge in [0.25, 0.3) is 0 Å². The molecule has 8 heteroatoms. The number of fused-ring (bicyclic) bond motifs is 2. The van der Waals surface area contributed by atoms with Crippen LogP contribution in [0, 0.1) is 5.92 Å². The first-order valence-electron chi connectivity index (χ1n) is 12.5. The molecule has 0 saturated carbocycles. The Labute approximate surface area is 200 Å². The highest BCUT2D eigenvalue weighted by Gasteiger charge is 2.34. The Morgan fingerprint density at radius 3 is 2.79 bits per heavy atom. The first kappa shape index (κ1) is 21.8. The zero-order valence-corrected chi connectivity index (χ0v) is 19.6. The van der Waals surface area contributed by atoms with Crippen molar-refractivity contribution < 1.29 is 14.4 Å². The fourth-order valence-electron chi connectivity index (χ4n) is 5.69. The molecule has 0 aliphatic carbocycles. The second-order valence-corrected chi connectivity index (χ2v) is 10.0. The largest absolute Gasteiger partial charge is 0.477 e. The van der Waals surface area contributed by atoms with E-state index >= 15 is 0 Å². The first-order valence-corrected chi connectivity index (χ1v) is 12.5. The Morgan fingerprint density at radius 2 is 1.94 bits per heavy atom. The smallest absolute Gasteiger partial charge is 0.213 e. The Bertz CT molecular complexity index is 1100. The number of ether oxygens (including phenoxy) is 1. The average Bonchev–Trinajstić information content (AvgIpc) is 3.49. The maximum absolute atomic E-state index is 9.69. The summed E-state index contributed by atoms with van der Waals surface area (Å²) < 4.78 is 11.6. The molecule has 34 heavy (non-hydrogen) atoms. The minimum atomic E-state index is -0.184. The third-order valence-corrected chi connectivity index (χ3v) is 7.58. The minimum Gasteiger partial charge on any atom is -0.477 e. The SMILES string of the molecule is O[C@H]1CCN(Cc2ccc(OC[C@H]3CC[C@H]4CN(c5noc6ccccc56)CCN4C3)nc2)C1. The van der Waals surface area contributed by atoms with E-state index in [9.17, 15) is 5.11 Å². The number of rotatable bonds is 6. The lowest BCUT2D eigenvalue weighted by Crippen LogP contribution is -2.57. The fourth-order valence-corrected chi connectivity index (χ4v) is 5.69. The molecule has 8 nitrogen and oxygen atoms in total. The van der Waals surface area contributed by atoms with E-state index in [-0.39, 0.29) is 6.10 Å². The number of β-amino-alcohol motifs (C(OH)–C–C–N with tert-alkyl or cyclic N) is 1. The van der Waals surface area contributed by atoms with Crippen LogP contribution < -0.4 is 9.64 Å². The number of nitrogens with zero attached hydrogens (tertiary/aromatic N) is 5. The third kappa shape index (κ3) is 4.62. The molecule has 3 aliphatic heterocycles. The lowest BCUT2D eigenvalue weighted by molar-refractivity contribution is 0.0716. The normalized spacial score (nSPS) is 26.1. The van der Waals surface area contributed by atoms with E-state index in [0.29, 0.717) is 24.4 Å². The first-order chi connectivity index (χ1) is 16.7. The van der Waals surface area contributed by atoms with Crippen LogP contribution in [-0.2, 0) is 6.54 Å². The molecule has 3 atom stereocenters. The van der Waals surface area contributed by atoms with Gasteiger partial charge in [-0.25, -0.2) is 4.98 Å². The predicted molar refractivity (Wildman–Crippen MR) is 130 cm³/mol. The Morgan fingerprint density at radius 1 is 1.00 bits per heavy atom. The van der Waals surface area contributed by atoms with Crippen LogP contribution in [0.2, 0.25) is 0 Å². The fraction of sp³-hybridized carbons (Fsp3) is 0.538. The molecule has 0 unspecified atom stereocenters. The molecular formula is C26H33N5O3. The van der Waals surface area contributed by atoms with Crippen molar-refractivity contribution in [3.8, 4) is 5.88 Å². The standard InChI is InChI=1S/C26H33N5O3/c32-22-9-10-29(17-22)14-19-6-8-25(27-13-19)33-18-20-5-7-21-16-31(12-11-30(21)15-20)26-23-3-1-2-4-24(23)34-28-26/h1-4,6,8,13,20-22,32H,5,7,9-12,14-18H2/t20-,21-,22-/m0/s1. The van der Waals surface area contributed by atoms with Crippen molar-refractivity contribution in [3.05, 3.63) is 48.2 Å². The summed E-state index contributed by atoms with van der Waals surface area (Å²) in [6.07, 6.45) is 4.93. The zero-order valence-electron chi connectivity index (χ0n) is 19.6. The van der Waals surface area contributed by atoms with Gasteiger partial charge < -0.3 is 19.3 Å². The van der Waals surface area contributed by atoms with Gasteiger partial charge in [0.1, 0.15) is 0 Å². The number of aliphatic hydroxyl groups is 1. The molecule has 2 aromatic heterocycles. The van der Waals surface area contributed by atoms with E-state index in [1.165, 1.54) is 18.4 Å². The van der Waals surface area contributed by atoms with E-state index in [1.54, 1.807) is 0 Å². The summed E-state index contributed by atoms with van der Waals surface area (Å²) in [4.78, 5) is 11.8. The van der Waals surface area contributed by atoms with Crippen LogP contribution in [0.3, 0.4) is 0 Å². The van der Waals surface area contributed by atoms with Crippen LogP contribution in [0.4, 0.5) is 5.82 Å². The molecule has 6 rings (SSSR count). The lowest BCUT2D eigenvalue weighted by atomic mass is 9.91.